The molecule has 0 fully saturated rings. The Hall–Kier alpha value is -0.900. The number of oxime groups is 1. The standard InChI is InChI=1S/C10H11BrN2O/c1-14-13-8-4-2-3-7-5-6-9(11)12-10(7)8/h5-6H,2-4H2,1H3/b13-8-. The fraction of sp³-hybridized carbons (Fsp3) is 0.400. The maximum absolute atomic E-state index is 4.81. The lowest BCUT2D eigenvalue weighted by atomic mass is 9.95. The van der Waals surface area contributed by atoms with Crippen molar-refractivity contribution in [3.8, 4) is 0 Å². The second kappa shape index (κ2) is 4.09. The summed E-state index contributed by atoms with van der Waals surface area (Å²) in [5, 5.41) is 4.00. The van der Waals surface area contributed by atoms with Crippen LogP contribution in [-0.2, 0) is 11.3 Å². The lowest BCUT2D eigenvalue weighted by Gasteiger charge is -2.15. The molecule has 0 atom stereocenters. The molecule has 1 heterocycles. The number of rotatable bonds is 1. The molecule has 4 heteroatoms. The van der Waals surface area contributed by atoms with E-state index in [9.17, 15) is 0 Å². The SMILES string of the molecule is CO/N=C1/CCCc2ccc(Br)nc21. The maximum atomic E-state index is 4.81. The van der Waals surface area contributed by atoms with Gasteiger partial charge in [0, 0.05) is 0 Å². The van der Waals surface area contributed by atoms with E-state index in [0.717, 1.165) is 35.3 Å². The van der Waals surface area contributed by atoms with Crippen molar-refractivity contribution in [2.45, 2.75) is 19.3 Å². The highest BCUT2D eigenvalue weighted by Gasteiger charge is 2.17. The van der Waals surface area contributed by atoms with Gasteiger partial charge in [0.1, 0.15) is 17.4 Å². The number of nitrogens with zero attached hydrogens (tertiary/aromatic N) is 2. The first-order valence-electron chi connectivity index (χ1n) is 4.57. The van der Waals surface area contributed by atoms with Gasteiger partial charge < -0.3 is 4.84 Å². The molecule has 0 saturated heterocycles. The van der Waals surface area contributed by atoms with Crippen molar-refractivity contribution in [3.63, 3.8) is 0 Å². The van der Waals surface area contributed by atoms with Crippen molar-refractivity contribution in [2.75, 3.05) is 7.11 Å². The second-order valence-electron chi connectivity index (χ2n) is 3.22. The number of halogens is 1. The Morgan fingerprint density at radius 2 is 2.29 bits per heavy atom. The molecule has 14 heavy (non-hydrogen) atoms. The van der Waals surface area contributed by atoms with E-state index < -0.39 is 0 Å². The second-order valence-corrected chi connectivity index (χ2v) is 4.03. The minimum absolute atomic E-state index is 0.849. The normalized spacial score (nSPS) is 18.0. The van der Waals surface area contributed by atoms with Gasteiger partial charge in [0.15, 0.2) is 0 Å². The van der Waals surface area contributed by atoms with Crippen LogP contribution in [0.3, 0.4) is 0 Å². The average Bonchev–Trinajstić information content (AvgIpc) is 2.19. The Kier molecular flexibility index (Phi) is 2.82. The molecule has 0 aromatic carbocycles. The molecule has 2 rings (SSSR count). The fourth-order valence-electron chi connectivity index (χ4n) is 1.68. The predicted octanol–water partition coefficient (Wildman–Crippen LogP) is 2.53. The van der Waals surface area contributed by atoms with Gasteiger partial charge in [-0.15, -0.1) is 0 Å². The third-order valence-electron chi connectivity index (χ3n) is 2.28. The number of fused-ring (bicyclic) bond motifs is 1. The molecule has 0 amide bonds. The molecule has 0 radical (unpaired) electrons. The Balaban J connectivity index is 2.47. The summed E-state index contributed by atoms with van der Waals surface area (Å²) >= 11 is 3.36. The van der Waals surface area contributed by atoms with E-state index in [1.807, 2.05) is 6.07 Å². The number of pyridine rings is 1. The molecule has 0 aliphatic heterocycles. The number of hydrogen-bond acceptors (Lipinski definition) is 3. The Labute approximate surface area is 91.3 Å². The number of hydrogen-bond donors (Lipinski definition) is 0. The van der Waals surface area contributed by atoms with Gasteiger partial charge in [-0.3, -0.25) is 0 Å². The summed E-state index contributed by atoms with van der Waals surface area (Å²) in [6.45, 7) is 0. The highest BCUT2D eigenvalue weighted by atomic mass is 79.9. The monoisotopic (exact) mass is 254 g/mol. The lowest BCUT2D eigenvalue weighted by molar-refractivity contribution is 0.212. The van der Waals surface area contributed by atoms with Crippen LogP contribution < -0.4 is 0 Å². The van der Waals surface area contributed by atoms with Crippen LogP contribution in [0.25, 0.3) is 0 Å². The highest BCUT2D eigenvalue weighted by Crippen LogP contribution is 2.22. The summed E-state index contributed by atoms with van der Waals surface area (Å²) in [6, 6.07) is 4.06. The molecule has 74 valence electrons. The Bertz CT molecular complexity index is 376. The van der Waals surface area contributed by atoms with Crippen molar-refractivity contribution in [3.05, 3.63) is 28.0 Å². The summed E-state index contributed by atoms with van der Waals surface area (Å²) in [6.07, 6.45) is 3.15. The molecule has 0 unspecified atom stereocenters. The highest BCUT2D eigenvalue weighted by molar-refractivity contribution is 9.10. The van der Waals surface area contributed by atoms with Gasteiger partial charge in [0.25, 0.3) is 0 Å². The molecule has 0 N–H and O–H groups in total. The van der Waals surface area contributed by atoms with Crippen LogP contribution in [0.2, 0.25) is 0 Å². The van der Waals surface area contributed by atoms with E-state index in [0.29, 0.717) is 0 Å². The van der Waals surface area contributed by atoms with E-state index in [1.165, 1.54) is 5.56 Å². The van der Waals surface area contributed by atoms with Crippen LogP contribution in [0.5, 0.6) is 0 Å². The molecular formula is C10H11BrN2O. The maximum Gasteiger partial charge on any atom is 0.106 e. The topological polar surface area (TPSA) is 34.5 Å². The van der Waals surface area contributed by atoms with Gasteiger partial charge >= 0.3 is 0 Å². The van der Waals surface area contributed by atoms with Gasteiger partial charge in [-0.2, -0.15) is 0 Å². The smallest absolute Gasteiger partial charge is 0.106 e. The van der Waals surface area contributed by atoms with Gasteiger partial charge in [0.05, 0.1) is 5.69 Å². The molecular weight excluding hydrogens is 244 g/mol. The van der Waals surface area contributed by atoms with Gasteiger partial charge in [0.2, 0.25) is 0 Å². The van der Waals surface area contributed by atoms with Crippen LogP contribution in [0.15, 0.2) is 21.9 Å². The molecule has 1 aliphatic carbocycles. The van der Waals surface area contributed by atoms with Crippen LogP contribution in [0.1, 0.15) is 24.1 Å². The minimum atomic E-state index is 0.849. The quantitative estimate of drug-likeness (QED) is 0.570. The van der Waals surface area contributed by atoms with Crippen LogP contribution in [0.4, 0.5) is 0 Å². The van der Waals surface area contributed by atoms with Gasteiger partial charge in [-0.25, -0.2) is 4.98 Å². The van der Waals surface area contributed by atoms with E-state index in [-0.39, 0.29) is 0 Å². The predicted molar refractivity (Wildman–Crippen MR) is 58.4 cm³/mol. The largest absolute Gasteiger partial charge is 0.399 e. The minimum Gasteiger partial charge on any atom is -0.399 e. The third-order valence-corrected chi connectivity index (χ3v) is 2.72. The van der Waals surface area contributed by atoms with Crippen molar-refractivity contribution in [2.24, 2.45) is 5.16 Å². The van der Waals surface area contributed by atoms with E-state index in [2.05, 4.69) is 32.1 Å². The summed E-state index contributed by atoms with van der Waals surface area (Å²) in [4.78, 5) is 9.23. The fourth-order valence-corrected chi connectivity index (χ4v) is 1.99. The Morgan fingerprint density at radius 1 is 1.43 bits per heavy atom. The number of aryl methyl sites for hydroxylation is 1. The van der Waals surface area contributed by atoms with Crippen LogP contribution in [-0.4, -0.2) is 17.8 Å². The van der Waals surface area contributed by atoms with Gasteiger partial charge in [-0.05, 0) is 46.8 Å². The van der Waals surface area contributed by atoms with Crippen molar-refractivity contribution in [1.82, 2.24) is 4.98 Å². The van der Waals surface area contributed by atoms with Crippen molar-refractivity contribution in [1.29, 1.82) is 0 Å². The molecule has 0 saturated carbocycles. The summed E-state index contributed by atoms with van der Waals surface area (Å²) < 4.78 is 0.849. The van der Waals surface area contributed by atoms with E-state index in [4.69, 9.17) is 4.84 Å². The Morgan fingerprint density at radius 3 is 3.07 bits per heavy atom. The molecule has 1 aromatic rings. The average molecular weight is 255 g/mol. The molecule has 1 aromatic heterocycles. The van der Waals surface area contributed by atoms with Crippen LogP contribution in [0, 0.1) is 0 Å². The van der Waals surface area contributed by atoms with Crippen molar-refractivity contribution >= 4 is 21.6 Å². The number of aromatic nitrogens is 1. The summed E-state index contributed by atoms with van der Waals surface area (Å²) in [5.74, 6) is 0. The molecule has 1 aliphatic rings. The first-order chi connectivity index (χ1) is 6.81. The summed E-state index contributed by atoms with van der Waals surface area (Å²) in [5.41, 5.74) is 3.19. The summed E-state index contributed by atoms with van der Waals surface area (Å²) in [7, 11) is 1.57. The molecule has 3 nitrogen and oxygen atoms in total. The third kappa shape index (κ3) is 1.80. The van der Waals surface area contributed by atoms with Crippen molar-refractivity contribution < 1.29 is 4.84 Å². The zero-order valence-electron chi connectivity index (χ0n) is 7.96. The van der Waals surface area contributed by atoms with Gasteiger partial charge in [-0.1, -0.05) is 11.2 Å². The first-order valence-corrected chi connectivity index (χ1v) is 5.36. The molecule has 0 spiro atoms. The zero-order valence-corrected chi connectivity index (χ0v) is 9.54. The van der Waals surface area contributed by atoms with E-state index in [1.54, 1.807) is 7.11 Å². The zero-order chi connectivity index (χ0) is 9.97. The lowest BCUT2D eigenvalue weighted by Crippen LogP contribution is -2.14. The first kappa shape index (κ1) is 9.65. The van der Waals surface area contributed by atoms with Crippen LogP contribution >= 0.6 is 15.9 Å². The van der Waals surface area contributed by atoms with E-state index >= 15 is 0 Å². The molecule has 0 bridgehead atoms.